The van der Waals surface area contributed by atoms with Crippen LogP contribution in [0.5, 0.6) is 0 Å². The number of nitrogens with zero attached hydrogens (tertiary/aromatic N) is 3. The molecule has 3 aromatic rings. The molecule has 1 aromatic carbocycles. The van der Waals surface area contributed by atoms with E-state index in [1.54, 1.807) is 6.07 Å². The molecule has 206 valence electrons. The third-order valence-electron chi connectivity index (χ3n) is 5.41. The molecule has 5 atom stereocenters. The second kappa shape index (κ2) is 10.2. The number of anilines is 2. The van der Waals surface area contributed by atoms with Crippen LogP contribution in [0.2, 0.25) is 0 Å². The van der Waals surface area contributed by atoms with Crippen LogP contribution < -0.4 is 21.6 Å². The number of para-hydroxylation sites is 1. The number of nitrogen functional groups attached to an aromatic ring is 2. The number of nitrogens with two attached hydrogens (primary N) is 2. The van der Waals surface area contributed by atoms with E-state index in [9.17, 15) is 28.7 Å². The molecule has 0 bridgehead atoms. The fourth-order valence-electron chi connectivity index (χ4n) is 3.88. The average molecular weight is 577 g/mol. The zero-order valence-corrected chi connectivity index (χ0v) is 21.1. The highest BCUT2D eigenvalue weighted by Crippen LogP contribution is 2.57. The number of ether oxygens (including phenoxy) is 2. The van der Waals surface area contributed by atoms with Gasteiger partial charge in [0, 0.05) is 5.69 Å². The number of aryl methyl sites for hydroxylation is 1. The lowest BCUT2D eigenvalue weighted by Crippen LogP contribution is -2.47. The molecule has 2 aromatic heterocycles. The Bertz CT molecular complexity index is 1540. The van der Waals surface area contributed by atoms with E-state index in [1.807, 2.05) is 0 Å². The van der Waals surface area contributed by atoms with Gasteiger partial charge in [0.15, 0.2) is 18.5 Å². The summed E-state index contributed by atoms with van der Waals surface area (Å²) in [5.41, 5.74) is 10.9. The number of H-pyrrole nitrogens is 1. The maximum Gasteiger partial charge on any atom is 0.481 e. The lowest BCUT2D eigenvalue weighted by molar-refractivity contribution is -0.745. The lowest BCUT2D eigenvalue weighted by atomic mass is 10.1. The van der Waals surface area contributed by atoms with Gasteiger partial charge < -0.3 is 40.7 Å². The van der Waals surface area contributed by atoms with Gasteiger partial charge in [-0.1, -0.05) is 17.1 Å². The van der Waals surface area contributed by atoms with E-state index < -0.39 is 58.3 Å². The first-order valence-corrected chi connectivity index (χ1v) is 13.6. The minimum absolute atomic E-state index is 0.0191. The number of aromatic amines is 1. The Hall–Kier alpha value is -3.18. The van der Waals surface area contributed by atoms with Gasteiger partial charge in [-0.15, -0.1) is 0 Å². The molecule has 1 unspecified atom stereocenters. The number of esters is 1. The van der Waals surface area contributed by atoms with Crippen molar-refractivity contribution >= 4 is 44.4 Å². The maximum atomic E-state index is 12.8. The van der Waals surface area contributed by atoms with Crippen LogP contribution in [0.4, 0.5) is 11.6 Å². The van der Waals surface area contributed by atoms with Crippen LogP contribution in [-0.2, 0) is 34.5 Å². The van der Waals surface area contributed by atoms with E-state index in [4.69, 9.17) is 30.7 Å². The van der Waals surface area contributed by atoms with E-state index in [0.29, 0.717) is 0 Å². The molecule has 18 nitrogen and oxygen atoms in total. The number of benzene rings is 1. The molecule has 4 rings (SSSR count). The molecule has 0 aliphatic carbocycles. The van der Waals surface area contributed by atoms with Crippen LogP contribution >= 0.6 is 15.6 Å². The van der Waals surface area contributed by atoms with Crippen LogP contribution in [0.15, 0.2) is 35.4 Å². The largest absolute Gasteiger partial charge is 0.481 e. The average Bonchev–Trinajstić information content (AvgIpc) is 3.27. The molecule has 0 radical (unpaired) electrons. The number of carbonyl (C=O) groups excluding carboxylic acids is 1. The Morgan fingerprint density at radius 1 is 1.26 bits per heavy atom. The van der Waals surface area contributed by atoms with Gasteiger partial charge in [0.2, 0.25) is 11.7 Å². The number of rotatable bonds is 8. The third-order valence-corrected chi connectivity index (χ3v) is 7.56. The van der Waals surface area contributed by atoms with Crippen molar-refractivity contribution in [3.63, 3.8) is 0 Å². The molecular formula is C18H23N6O12P2+. The summed E-state index contributed by atoms with van der Waals surface area (Å²) in [4.78, 5) is 58.9. The van der Waals surface area contributed by atoms with Gasteiger partial charge in [-0.05, 0) is 12.1 Å². The summed E-state index contributed by atoms with van der Waals surface area (Å²) in [7, 11) is -9.24. The van der Waals surface area contributed by atoms with E-state index in [1.165, 1.54) is 40.7 Å². The molecule has 1 aliphatic heterocycles. The number of phosphoric acid groups is 2. The molecule has 1 saturated heterocycles. The summed E-state index contributed by atoms with van der Waals surface area (Å²) in [6.07, 6.45) is -4.83. The molecule has 0 saturated carbocycles. The predicted octanol–water partition coefficient (Wildman–Crippen LogP) is -1.58. The quantitative estimate of drug-likeness (QED) is 0.0689. The maximum absolute atomic E-state index is 12.8. The monoisotopic (exact) mass is 577 g/mol. The number of phosphoric ester groups is 1. The minimum atomic E-state index is -5.43. The summed E-state index contributed by atoms with van der Waals surface area (Å²) in [6, 6.07) is 5.88. The van der Waals surface area contributed by atoms with E-state index in [2.05, 4.69) is 18.8 Å². The summed E-state index contributed by atoms with van der Waals surface area (Å²) in [6.45, 7) is -0.939. The lowest BCUT2D eigenvalue weighted by Gasteiger charge is -2.21. The number of aliphatic hydroxyl groups excluding tert-OH is 1. The van der Waals surface area contributed by atoms with E-state index in [0.717, 1.165) is 0 Å². The van der Waals surface area contributed by atoms with Crippen molar-refractivity contribution < 1.29 is 56.6 Å². The smallest absolute Gasteiger partial charge is 0.453 e. The van der Waals surface area contributed by atoms with Crippen LogP contribution in [0.3, 0.4) is 0 Å². The second-order valence-electron chi connectivity index (χ2n) is 8.11. The minimum Gasteiger partial charge on any atom is -0.453 e. The SMILES string of the molecule is Cn1c[n+]([C@@H]2O[C@H](COP(=O)(O)OP(=O)(O)O)[C@@H](OC(=O)c3ccccc3N)[C@H]2O)c2nc(N)[nH]c(=O)c21. The molecule has 1 aliphatic rings. The van der Waals surface area contributed by atoms with Gasteiger partial charge in [0.05, 0.1) is 19.2 Å². The summed E-state index contributed by atoms with van der Waals surface area (Å²) < 4.78 is 45.1. The molecule has 38 heavy (non-hydrogen) atoms. The first-order chi connectivity index (χ1) is 17.7. The molecule has 3 heterocycles. The summed E-state index contributed by atoms with van der Waals surface area (Å²) in [5.74, 6) is -1.23. The van der Waals surface area contributed by atoms with Crippen molar-refractivity contribution in [2.24, 2.45) is 7.05 Å². The Morgan fingerprint density at radius 2 is 1.95 bits per heavy atom. The van der Waals surface area contributed by atoms with Crippen molar-refractivity contribution in [1.29, 1.82) is 0 Å². The van der Waals surface area contributed by atoms with Gasteiger partial charge in [-0.2, -0.15) is 4.31 Å². The van der Waals surface area contributed by atoms with Crippen molar-refractivity contribution in [2.45, 2.75) is 24.5 Å². The number of imidazole rings is 1. The predicted molar refractivity (Wildman–Crippen MR) is 125 cm³/mol. The Morgan fingerprint density at radius 3 is 2.61 bits per heavy atom. The Balaban J connectivity index is 1.68. The van der Waals surface area contributed by atoms with Crippen molar-refractivity contribution in [2.75, 3.05) is 18.1 Å². The van der Waals surface area contributed by atoms with Gasteiger partial charge in [-0.3, -0.25) is 18.9 Å². The van der Waals surface area contributed by atoms with Gasteiger partial charge in [0.1, 0.15) is 6.10 Å². The van der Waals surface area contributed by atoms with Gasteiger partial charge >= 0.3 is 27.3 Å². The molecular weight excluding hydrogens is 554 g/mol. The highest BCUT2D eigenvalue weighted by Gasteiger charge is 2.51. The second-order valence-corrected chi connectivity index (χ2v) is 10.9. The highest BCUT2D eigenvalue weighted by atomic mass is 31.3. The number of nitrogens with one attached hydrogen (secondary N) is 1. The standard InChI is InChI=1S/C18H22N6O12P2/c1-23-7-24(14-11(23)15(26)22-18(20)21-14)16-12(25)13(35-17(27)8-4-2-3-5-9(8)19)10(34-16)6-33-38(31,32)36-37(28,29)30/h2-5,7,10,12-13,16,25H,6H2,1H3,(H7-,19,20,21,22,26,27,28,29,30,31,32)/p+1/t10-,12-,13-,16-/m1/s1. The van der Waals surface area contributed by atoms with Gasteiger partial charge in [0.25, 0.3) is 11.5 Å². The zero-order valence-electron chi connectivity index (χ0n) is 19.3. The van der Waals surface area contributed by atoms with Crippen molar-refractivity contribution in [3.05, 3.63) is 46.5 Å². The first-order valence-electron chi connectivity index (χ1n) is 10.6. The van der Waals surface area contributed by atoms with Crippen molar-refractivity contribution in [1.82, 2.24) is 14.5 Å². The fourth-order valence-corrected chi connectivity index (χ4v) is 5.48. The molecule has 0 amide bonds. The normalized spacial score (nSPS) is 23.4. The number of aromatic nitrogens is 4. The summed E-state index contributed by atoms with van der Waals surface area (Å²) >= 11 is 0. The number of hydrogen-bond donors (Lipinski definition) is 7. The Labute approximate surface area is 212 Å². The van der Waals surface area contributed by atoms with Gasteiger partial charge in [-0.25, -0.2) is 18.5 Å². The summed E-state index contributed by atoms with van der Waals surface area (Å²) in [5, 5.41) is 11.1. The first kappa shape index (κ1) is 27.8. The Kier molecular flexibility index (Phi) is 7.46. The third kappa shape index (κ3) is 5.78. The van der Waals surface area contributed by atoms with Crippen LogP contribution in [-0.4, -0.2) is 65.2 Å². The number of hydrogen-bond acceptors (Lipinski definition) is 12. The van der Waals surface area contributed by atoms with E-state index >= 15 is 0 Å². The number of carbonyl (C=O) groups is 1. The van der Waals surface area contributed by atoms with Crippen molar-refractivity contribution in [3.8, 4) is 0 Å². The topological polar surface area (TPSA) is 276 Å². The van der Waals surface area contributed by atoms with Crippen LogP contribution in [0.1, 0.15) is 16.6 Å². The fraction of sp³-hybridized carbons (Fsp3) is 0.333. The number of aliphatic hydroxyl groups is 1. The van der Waals surface area contributed by atoms with E-state index in [-0.39, 0.29) is 28.4 Å². The molecule has 1 fully saturated rings. The van der Waals surface area contributed by atoms with Crippen LogP contribution in [0, 0.1) is 0 Å². The molecule has 0 spiro atoms. The number of fused-ring (bicyclic) bond motifs is 1. The van der Waals surface area contributed by atoms with Crippen LogP contribution in [0.25, 0.3) is 11.2 Å². The highest BCUT2D eigenvalue weighted by molar-refractivity contribution is 7.60. The molecule has 20 heteroatoms. The molecule has 9 N–H and O–H groups in total. The zero-order chi connectivity index (χ0) is 28.0.